The highest BCUT2D eigenvalue weighted by Crippen LogP contribution is 2.20. The lowest BCUT2D eigenvalue weighted by molar-refractivity contribution is -0.385. The summed E-state index contributed by atoms with van der Waals surface area (Å²) < 4.78 is 1.51. The lowest BCUT2D eigenvalue weighted by Crippen LogP contribution is -2.14. The molecule has 0 fully saturated rings. The summed E-state index contributed by atoms with van der Waals surface area (Å²) in [6, 6.07) is 12.6. The maximum Gasteiger partial charge on any atom is 0.282 e. The summed E-state index contributed by atoms with van der Waals surface area (Å²) in [6.45, 7) is 1.75. The van der Waals surface area contributed by atoms with Gasteiger partial charge in [-0.2, -0.15) is 4.68 Å². The third-order valence-corrected chi connectivity index (χ3v) is 3.32. The first kappa shape index (κ1) is 15.3. The van der Waals surface area contributed by atoms with Crippen molar-refractivity contribution in [3.05, 3.63) is 70.0 Å². The Morgan fingerprint density at radius 3 is 2.71 bits per heavy atom. The summed E-state index contributed by atoms with van der Waals surface area (Å²) in [5.41, 5.74) is 0.886. The van der Waals surface area contributed by atoms with Gasteiger partial charge in [-0.3, -0.25) is 14.9 Å². The van der Waals surface area contributed by atoms with Crippen molar-refractivity contribution in [3.8, 4) is 5.69 Å². The topological polar surface area (TPSA) is 116 Å². The Bertz CT molecular complexity index is 921. The Hall–Kier alpha value is -3.62. The first-order valence-electron chi connectivity index (χ1n) is 6.96. The van der Waals surface area contributed by atoms with Gasteiger partial charge in [0.05, 0.1) is 10.6 Å². The zero-order chi connectivity index (χ0) is 17.1. The first-order chi connectivity index (χ1) is 11.6. The number of nitro groups is 1. The van der Waals surface area contributed by atoms with E-state index in [1.165, 1.54) is 22.9 Å². The van der Waals surface area contributed by atoms with Gasteiger partial charge in [-0.05, 0) is 41.6 Å². The number of amides is 1. The van der Waals surface area contributed by atoms with Crippen molar-refractivity contribution in [2.24, 2.45) is 0 Å². The second-order valence-corrected chi connectivity index (χ2v) is 4.92. The average molecular weight is 324 g/mol. The van der Waals surface area contributed by atoms with E-state index in [1.807, 2.05) is 0 Å². The molecule has 1 amide bonds. The van der Waals surface area contributed by atoms with Gasteiger partial charge in [0, 0.05) is 11.8 Å². The quantitative estimate of drug-likeness (QED) is 0.580. The molecule has 120 valence electrons. The van der Waals surface area contributed by atoms with Crippen LogP contribution in [0.15, 0.2) is 48.5 Å². The Balaban J connectivity index is 1.88. The van der Waals surface area contributed by atoms with Gasteiger partial charge in [-0.1, -0.05) is 18.2 Å². The molecule has 3 aromatic rings. The first-order valence-corrected chi connectivity index (χ1v) is 6.96. The largest absolute Gasteiger partial charge is 0.322 e. The van der Waals surface area contributed by atoms with E-state index >= 15 is 0 Å². The van der Waals surface area contributed by atoms with Gasteiger partial charge >= 0.3 is 0 Å². The van der Waals surface area contributed by atoms with Gasteiger partial charge in [0.25, 0.3) is 11.6 Å². The van der Waals surface area contributed by atoms with Crippen LogP contribution in [0.3, 0.4) is 0 Å². The van der Waals surface area contributed by atoms with E-state index < -0.39 is 10.8 Å². The van der Waals surface area contributed by atoms with Crippen LogP contribution in [-0.2, 0) is 0 Å². The molecule has 9 heteroatoms. The van der Waals surface area contributed by atoms with Crippen LogP contribution >= 0.6 is 0 Å². The van der Waals surface area contributed by atoms with Crippen molar-refractivity contribution in [1.29, 1.82) is 0 Å². The molecule has 24 heavy (non-hydrogen) atoms. The van der Waals surface area contributed by atoms with Crippen molar-refractivity contribution in [1.82, 2.24) is 20.2 Å². The SMILES string of the molecule is Cc1nnnn1-c1cccc(NC(=O)c2ccccc2[N+](=O)[O-])c1. The molecular weight excluding hydrogens is 312 g/mol. The Kier molecular flexibility index (Phi) is 3.98. The molecule has 0 saturated carbocycles. The van der Waals surface area contributed by atoms with Crippen LogP contribution in [0.4, 0.5) is 11.4 Å². The number of hydrogen-bond acceptors (Lipinski definition) is 6. The fraction of sp³-hybridized carbons (Fsp3) is 0.0667. The van der Waals surface area contributed by atoms with Crippen LogP contribution in [0.5, 0.6) is 0 Å². The normalized spacial score (nSPS) is 10.4. The molecule has 1 N–H and O–H groups in total. The lowest BCUT2D eigenvalue weighted by Gasteiger charge is -2.08. The molecule has 0 radical (unpaired) electrons. The maximum atomic E-state index is 12.3. The van der Waals surface area contributed by atoms with Gasteiger partial charge < -0.3 is 5.32 Å². The molecule has 0 atom stereocenters. The van der Waals surface area contributed by atoms with Crippen molar-refractivity contribution >= 4 is 17.3 Å². The lowest BCUT2D eigenvalue weighted by atomic mass is 10.1. The van der Waals surface area contributed by atoms with Gasteiger partial charge in [-0.15, -0.1) is 5.10 Å². The number of carbonyl (C=O) groups is 1. The number of aromatic nitrogens is 4. The molecule has 0 bridgehead atoms. The smallest absolute Gasteiger partial charge is 0.282 e. The van der Waals surface area contributed by atoms with Crippen molar-refractivity contribution in [2.45, 2.75) is 6.92 Å². The highest BCUT2D eigenvalue weighted by atomic mass is 16.6. The molecule has 3 rings (SSSR count). The van der Waals surface area contributed by atoms with Crippen molar-refractivity contribution in [3.63, 3.8) is 0 Å². The predicted octanol–water partition coefficient (Wildman–Crippen LogP) is 2.13. The summed E-state index contributed by atoms with van der Waals surface area (Å²) in [7, 11) is 0. The number of para-hydroxylation sites is 1. The van der Waals surface area contributed by atoms with E-state index in [1.54, 1.807) is 37.3 Å². The second kappa shape index (κ2) is 6.24. The standard InChI is InChI=1S/C15H12N6O3/c1-10-17-18-19-20(10)12-6-4-5-11(9-12)16-15(22)13-7-2-3-8-14(13)21(23)24/h2-9H,1H3,(H,16,22). The van der Waals surface area contributed by atoms with Gasteiger partial charge in [-0.25, -0.2) is 0 Å². The minimum Gasteiger partial charge on any atom is -0.322 e. The summed E-state index contributed by atoms with van der Waals surface area (Å²) in [4.78, 5) is 22.8. The summed E-state index contributed by atoms with van der Waals surface area (Å²) in [5.74, 6) is 0.0325. The molecule has 2 aromatic carbocycles. The van der Waals surface area contributed by atoms with Gasteiger partial charge in [0.15, 0.2) is 5.82 Å². The molecule has 0 aliphatic carbocycles. The minimum atomic E-state index is -0.588. The zero-order valence-electron chi connectivity index (χ0n) is 12.6. The van der Waals surface area contributed by atoms with Crippen molar-refractivity contribution in [2.75, 3.05) is 5.32 Å². The molecule has 9 nitrogen and oxygen atoms in total. The highest BCUT2D eigenvalue weighted by Gasteiger charge is 2.19. The van der Waals surface area contributed by atoms with E-state index in [-0.39, 0.29) is 11.3 Å². The fourth-order valence-electron chi connectivity index (χ4n) is 2.21. The molecule has 0 spiro atoms. The molecule has 0 aliphatic heterocycles. The van der Waals surface area contributed by atoms with Crippen LogP contribution in [0.25, 0.3) is 5.69 Å². The van der Waals surface area contributed by atoms with Crippen LogP contribution in [0.1, 0.15) is 16.2 Å². The van der Waals surface area contributed by atoms with E-state index in [2.05, 4.69) is 20.8 Å². The number of carbonyl (C=O) groups excluding carboxylic acids is 1. The number of anilines is 1. The third-order valence-electron chi connectivity index (χ3n) is 3.32. The third kappa shape index (κ3) is 2.95. The molecule has 0 saturated heterocycles. The number of tetrazole rings is 1. The average Bonchev–Trinajstić information content (AvgIpc) is 3.01. The molecule has 0 aliphatic rings. The Morgan fingerprint density at radius 1 is 1.21 bits per heavy atom. The number of rotatable bonds is 4. The second-order valence-electron chi connectivity index (χ2n) is 4.92. The van der Waals surface area contributed by atoms with Gasteiger partial charge in [0.2, 0.25) is 0 Å². The number of benzene rings is 2. The summed E-state index contributed by atoms with van der Waals surface area (Å²) in [6.07, 6.45) is 0. The predicted molar refractivity (Wildman–Crippen MR) is 84.9 cm³/mol. The maximum absolute atomic E-state index is 12.3. The summed E-state index contributed by atoms with van der Waals surface area (Å²) >= 11 is 0. The molecule has 1 heterocycles. The number of nitrogens with zero attached hydrogens (tertiary/aromatic N) is 5. The number of aryl methyl sites for hydroxylation is 1. The number of hydrogen-bond donors (Lipinski definition) is 1. The van der Waals surface area contributed by atoms with E-state index in [4.69, 9.17) is 0 Å². The zero-order valence-corrected chi connectivity index (χ0v) is 12.6. The van der Waals surface area contributed by atoms with Crippen LogP contribution in [-0.4, -0.2) is 31.0 Å². The summed E-state index contributed by atoms with van der Waals surface area (Å²) in [5, 5.41) is 24.9. The van der Waals surface area contributed by atoms with Crippen LogP contribution in [0.2, 0.25) is 0 Å². The molecule has 0 unspecified atom stereocenters. The van der Waals surface area contributed by atoms with E-state index in [9.17, 15) is 14.9 Å². The molecule has 1 aromatic heterocycles. The fourth-order valence-corrected chi connectivity index (χ4v) is 2.21. The Labute approximate surface area is 136 Å². The highest BCUT2D eigenvalue weighted by molar-refractivity contribution is 6.07. The number of nitro benzene ring substituents is 1. The van der Waals surface area contributed by atoms with Crippen LogP contribution in [0, 0.1) is 17.0 Å². The van der Waals surface area contributed by atoms with Crippen LogP contribution < -0.4 is 5.32 Å². The minimum absolute atomic E-state index is 0.00786. The molecular formula is C15H12N6O3. The van der Waals surface area contributed by atoms with E-state index in [0.29, 0.717) is 17.2 Å². The monoisotopic (exact) mass is 324 g/mol. The Morgan fingerprint density at radius 2 is 2.00 bits per heavy atom. The van der Waals surface area contributed by atoms with E-state index in [0.717, 1.165) is 0 Å². The van der Waals surface area contributed by atoms with Crippen molar-refractivity contribution < 1.29 is 9.72 Å². The number of nitrogens with one attached hydrogen (secondary N) is 1. The van der Waals surface area contributed by atoms with Gasteiger partial charge in [0.1, 0.15) is 5.56 Å².